The van der Waals surface area contributed by atoms with Crippen LogP contribution in [0.1, 0.15) is 52.9 Å². The first-order valence-electron chi connectivity index (χ1n) is 6.70. The lowest BCUT2D eigenvalue weighted by Gasteiger charge is -2.29. The highest BCUT2D eigenvalue weighted by molar-refractivity contribution is 5.72. The highest BCUT2D eigenvalue weighted by Crippen LogP contribution is 2.28. The van der Waals surface area contributed by atoms with E-state index in [1.54, 1.807) is 0 Å². The molecular formula is C15H24O3. The molecule has 3 heteroatoms. The number of esters is 1. The highest BCUT2D eigenvalue weighted by Gasteiger charge is 2.30. The summed E-state index contributed by atoms with van der Waals surface area (Å²) >= 11 is 0. The summed E-state index contributed by atoms with van der Waals surface area (Å²) in [7, 11) is 0. The maximum atomic E-state index is 11.9. The van der Waals surface area contributed by atoms with Crippen LogP contribution in [0, 0.1) is 18.3 Å². The maximum Gasteiger partial charge on any atom is 0.309 e. The van der Waals surface area contributed by atoms with Gasteiger partial charge in [0.15, 0.2) is 0 Å². The molecule has 18 heavy (non-hydrogen) atoms. The van der Waals surface area contributed by atoms with Crippen LogP contribution in [0.4, 0.5) is 0 Å². The van der Waals surface area contributed by atoms with Crippen LogP contribution in [0.15, 0.2) is 0 Å². The van der Waals surface area contributed by atoms with Gasteiger partial charge in [0.25, 0.3) is 0 Å². The minimum atomic E-state index is -0.392. The zero-order valence-corrected chi connectivity index (χ0v) is 11.7. The van der Waals surface area contributed by atoms with Gasteiger partial charge in [0.2, 0.25) is 0 Å². The minimum Gasteiger partial charge on any atom is -0.460 e. The van der Waals surface area contributed by atoms with Crippen LogP contribution in [-0.2, 0) is 14.3 Å². The molecule has 1 rings (SSSR count). The van der Waals surface area contributed by atoms with Crippen molar-refractivity contribution >= 4 is 5.97 Å². The largest absolute Gasteiger partial charge is 0.460 e. The molecule has 0 N–H and O–H groups in total. The van der Waals surface area contributed by atoms with Crippen molar-refractivity contribution in [3.05, 3.63) is 0 Å². The van der Waals surface area contributed by atoms with Crippen LogP contribution in [0.3, 0.4) is 0 Å². The lowest BCUT2D eigenvalue weighted by atomic mass is 9.87. The van der Waals surface area contributed by atoms with Crippen LogP contribution < -0.4 is 0 Å². The van der Waals surface area contributed by atoms with Crippen molar-refractivity contribution in [3.63, 3.8) is 0 Å². The second kappa shape index (κ2) is 6.80. The Hall–Kier alpha value is -1.01. The molecule has 1 aliphatic carbocycles. The molecule has 0 aromatic carbocycles. The number of hydrogen-bond donors (Lipinski definition) is 0. The Morgan fingerprint density at radius 2 is 1.89 bits per heavy atom. The Bertz CT molecular complexity index is 301. The summed E-state index contributed by atoms with van der Waals surface area (Å²) in [5.74, 6) is 2.53. The minimum absolute atomic E-state index is 0.0386. The molecule has 1 fully saturated rings. The fourth-order valence-corrected chi connectivity index (χ4v) is 2.13. The molecule has 3 nitrogen and oxygen atoms in total. The third-order valence-electron chi connectivity index (χ3n) is 3.01. The van der Waals surface area contributed by atoms with E-state index in [4.69, 9.17) is 15.9 Å². The third kappa shape index (κ3) is 5.55. The first-order chi connectivity index (χ1) is 8.42. The van der Waals surface area contributed by atoms with Crippen LogP contribution >= 0.6 is 0 Å². The first-order valence-corrected chi connectivity index (χ1v) is 6.70. The smallest absolute Gasteiger partial charge is 0.309 e. The molecule has 1 saturated carbocycles. The SMILES string of the molecule is C#CCCOC1CCC(C(=O)OC(C)(C)C)CC1. The van der Waals surface area contributed by atoms with Gasteiger partial charge in [-0.3, -0.25) is 4.79 Å². The van der Waals surface area contributed by atoms with Gasteiger partial charge in [-0.25, -0.2) is 0 Å². The van der Waals surface area contributed by atoms with Gasteiger partial charge in [-0.2, -0.15) is 0 Å². The molecule has 0 aliphatic heterocycles. The van der Waals surface area contributed by atoms with Gasteiger partial charge in [0.1, 0.15) is 5.60 Å². The predicted octanol–water partition coefficient (Wildman–Crippen LogP) is 2.93. The van der Waals surface area contributed by atoms with E-state index < -0.39 is 5.60 Å². The van der Waals surface area contributed by atoms with E-state index in [1.165, 1.54) is 0 Å². The zero-order chi connectivity index (χ0) is 13.6. The summed E-state index contributed by atoms with van der Waals surface area (Å²) in [4.78, 5) is 11.9. The van der Waals surface area contributed by atoms with Gasteiger partial charge in [-0.1, -0.05) is 0 Å². The van der Waals surface area contributed by atoms with Crippen molar-refractivity contribution in [2.75, 3.05) is 6.61 Å². The molecule has 0 heterocycles. The first kappa shape index (κ1) is 15.0. The quantitative estimate of drug-likeness (QED) is 0.438. The summed E-state index contributed by atoms with van der Waals surface area (Å²) in [6.45, 7) is 6.33. The molecule has 0 unspecified atom stereocenters. The van der Waals surface area contributed by atoms with Crippen LogP contribution in [-0.4, -0.2) is 24.3 Å². The van der Waals surface area contributed by atoms with Gasteiger partial charge in [-0.05, 0) is 46.5 Å². The molecule has 0 atom stereocenters. The molecule has 0 saturated heterocycles. The Morgan fingerprint density at radius 3 is 2.39 bits per heavy atom. The van der Waals surface area contributed by atoms with Crippen LogP contribution in [0.2, 0.25) is 0 Å². The Balaban J connectivity index is 2.27. The van der Waals surface area contributed by atoms with E-state index in [1.807, 2.05) is 20.8 Å². The van der Waals surface area contributed by atoms with Crippen LogP contribution in [0.25, 0.3) is 0 Å². The van der Waals surface area contributed by atoms with E-state index in [2.05, 4.69) is 5.92 Å². The molecule has 0 bridgehead atoms. The third-order valence-corrected chi connectivity index (χ3v) is 3.01. The molecular weight excluding hydrogens is 228 g/mol. The van der Waals surface area contributed by atoms with E-state index in [0.717, 1.165) is 25.7 Å². The van der Waals surface area contributed by atoms with Crippen molar-refractivity contribution in [1.29, 1.82) is 0 Å². The molecule has 0 aromatic heterocycles. The van der Waals surface area contributed by atoms with Crippen LogP contribution in [0.5, 0.6) is 0 Å². The summed E-state index contributed by atoms with van der Waals surface area (Å²) in [5, 5.41) is 0. The Morgan fingerprint density at radius 1 is 1.28 bits per heavy atom. The molecule has 0 aromatic rings. The van der Waals surface area contributed by atoms with E-state index >= 15 is 0 Å². The standard InChI is InChI=1S/C15H24O3/c1-5-6-11-17-13-9-7-12(8-10-13)14(16)18-15(2,3)4/h1,12-13H,6-11H2,2-4H3. The van der Waals surface area contributed by atoms with E-state index in [9.17, 15) is 4.79 Å². The number of rotatable bonds is 4. The predicted molar refractivity (Wildman–Crippen MR) is 71.0 cm³/mol. The fraction of sp³-hybridized carbons (Fsp3) is 0.800. The lowest BCUT2D eigenvalue weighted by Crippen LogP contribution is -2.32. The molecule has 0 radical (unpaired) electrons. The highest BCUT2D eigenvalue weighted by atomic mass is 16.6. The lowest BCUT2D eigenvalue weighted by molar-refractivity contribution is -0.162. The second-order valence-electron chi connectivity index (χ2n) is 5.83. The zero-order valence-electron chi connectivity index (χ0n) is 11.7. The van der Waals surface area contributed by atoms with Crippen molar-refractivity contribution in [2.24, 2.45) is 5.92 Å². The van der Waals surface area contributed by atoms with E-state index in [0.29, 0.717) is 13.0 Å². The average molecular weight is 252 g/mol. The fourth-order valence-electron chi connectivity index (χ4n) is 2.13. The Kier molecular flexibility index (Phi) is 5.68. The molecule has 1 aliphatic rings. The summed E-state index contributed by atoms with van der Waals surface area (Å²) < 4.78 is 11.1. The molecule has 102 valence electrons. The summed E-state index contributed by atoms with van der Waals surface area (Å²) in [6.07, 6.45) is 9.66. The van der Waals surface area contributed by atoms with E-state index in [-0.39, 0.29) is 18.0 Å². The second-order valence-corrected chi connectivity index (χ2v) is 5.83. The molecule has 0 amide bonds. The number of ether oxygens (including phenoxy) is 2. The Labute approximate surface area is 110 Å². The van der Waals surface area contributed by atoms with Crippen molar-refractivity contribution in [2.45, 2.75) is 64.6 Å². The van der Waals surface area contributed by atoms with Crippen molar-refractivity contribution < 1.29 is 14.3 Å². The maximum absolute atomic E-state index is 11.9. The monoisotopic (exact) mass is 252 g/mol. The summed E-state index contributed by atoms with van der Waals surface area (Å²) in [5.41, 5.74) is -0.392. The number of carbonyl (C=O) groups is 1. The van der Waals surface area contributed by atoms with Gasteiger partial charge in [0.05, 0.1) is 18.6 Å². The number of carbonyl (C=O) groups excluding carboxylic acids is 1. The normalized spacial score (nSPS) is 24.3. The van der Waals surface area contributed by atoms with Gasteiger partial charge in [0, 0.05) is 6.42 Å². The van der Waals surface area contributed by atoms with Gasteiger partial charge in [-0.15, -0.1) is 12.3 Å². The molecule has 0 spiro atoms. The number of hydrogen-bond acceptors (Lipinski definition) is 3. The topological polar surface area (TPSA) is 35.5 Å². The average Bonchev–Trinajstić information content (AvgIpc) is 2.28. The van der Waals surface area contributed by atoms with Gasteiger partial charge >= 0.3 is 5.97 Å². The van der Waals surface area contributed by atoms with Gasteiger partial charge < -0.3 is 9.47 Å². The van der Waals surface area contributed by atoms with Crippen molar-refractivity contribution in [3.8, 4) is 12.3 Å². The number of terminal acetylenes is 1. The summed E-state index contributed by atoms with van der Waals surface area (Å²) in [6, 6.07) is 0. The van der Waals surface area contributed by atoms with Crippen molar-refractivity contribution in [1.82, 2.24) is 0 Å².